The zero-order valence-electron chi connectivity index (χ0n) is 17.6. The molecule has 2 N–H and O–H groups in total. The molecule has 1 aromatic carbocycles. The largest absolute Gasteiger partial charge is 0.366 e. The Labute approximate surface area is 192 Å². The molecule has 0 aliphatic carbocycles. The monoisotopic (exact) mass is 456 g/mol. The van der Waals surface area contributed by atoms with Crippen LogP contribution in [0.25, 0.3) is 0 Å². The molecule has 30 heavy (non-hydrogen) atoms. The molecule has 0 atom stereocenters. The number of likely N-dealkylation sites (tertiary alicyclic amines) is 2. The van der Waals surface area contributed by atoms with Crippen LogP contribution in [0.15, 0.2) is 18.2 Å². The minimum absolute atomic E-state index is 0. The zero-order chi connectivity index (χ0) is 19.5. The molecular formula is C22H34Cl2N4O2. The van der Waals surface area contributed by atoms with Gasteiger partial charge in [0.1, 0.15) is 0 Å². The number of carbonyl (C=O) groups excluding carboxylic acids is 2. The number of nitrogens with two attached hydrogens (primary N) is 1. The second-order valence-corrected chi connectivity index (χ2v) is 8.45. The van der Waals surface area contributed by atoms with Gasteiger partial charge in [0.05, 0.1) is 11.1 Å². The Hall–Kier alpha value is -1.34. The quantitative estimate of drug-likeness (QED) is 0.713. The Balaban J connectivity index is 0.00000160. The van der Waals surface area contributed by atoms with Crippen molar-refractivity contribution >= 4 is 36.6 Å². The molecule has 0 bridgehead atoms. The summed E-state index contributed by atoms with van der Waals surface area (Å²) in [7, 11) is 0. The Kier molecular flexibility index (Phi) is 9.41. The first-order chi connectivity index (χ1) is 13.6. The van der Waals surface area contributed by atoms with Gasteiger partial charge in [0.25, 0.3) is 5.91 Å². The first-order valence-electron chi connectivity index (χ1n) is 10.8. The Morgan fingerprint density at radius 1 is 1.00 bits per heavy atom. The minimum Gasteiger partial charge on any atom is -0.366 e. The summed E-state index contributed by atoms with van der Waals surface area (Å²) in [5.74, 6) is -0.572. The van der Waals surface area contributed by atoms with E-state index < -0.39 is 5.91 Å². The number of primary amides is 1. The number of rotatable bonds is 6. The highest BCUT2D eigenvalue weighted by atomic mass is 35.5. The molecule has 3 heterocycles. The molecule has 2 saturated heterocycles. The van der Waals surface area contributed by atoms with E-state index in [1.807, 2.05) is 17.0 Å². The number of hydrogen-bond donors (Lipinski definition) is 1. The summed E-state index contributed by atoms with van der Waals surface area (Å²) in [6.45, 7) is 7.27. The van der Waals surface area contributed by atoms with Gasteiger partial charge >= 0.3 is 0 Å². The summed E-state index contributed by atoms with van der Waals surface area (Å²) in [6, 6.07) is 6.15. The molecule has 8 heteroatoms. The third-order valence-corrected chi connectivity index (χ3v) is 6.65. The number of nitrogens with zero attached hydrogens (tertiary/aromatic N) is 3. The van der Waals surface area contributed by atoms with E-state index in [9.17, 15) is 9.59 Å². The lowest BCUT2D eigenvalue weighted by molar-refractivity contribution is 0.0745. The molecule has 0 radical (unpaired) electrons. The van der Waals surface area contributed by atoms with E-state index in [1.54, 1.807) is 6.07 Å². The Bertz CT molecular complexity index is 732. The van der Waals surface area contributed by atoms with Crippen LogP contribution in [0.1, 0.15) is 64.8 Å². The number of hydrogen-bond acceptors (Lipinski definition) is 4. The van der Waals surface area contributed by atoms with Crippen LogP contribution >= 0.6 is 24.8 Å². The van der Waals surface area contributed by atoms with Gasteiger partial charge in [-0.3, -0.25) is 9.59 Å². The van der Waals surface area contributed by atoms with Crippen molar-refractivity contribution in [3.63, 3.8) is 0 Å². The second-order valence-electron chi connectivity index (χ2n) is 8.45. The van der Waals surface area contributed by atoms with Crippen molar-refractivity contribution in [1.82, 2.24) is 14.7 Å². The van der Waals surface area contributed by atoms with Crippen molar-refractivity contribution in [2.45, 2.75) is 51.1 Å². The SMILES string of the molecule is Cl.Cl.NC(=O)c1cccc2c1C(=O)N(CCCN1CCC(N3CCCCC3)CC1)C2. The number of piperidine rings is 2. The second kappa shape index (κ2) is 11.3. The fraction of sp³-hybridized carbons (Fsp3) is 0.636. The summed E-state index contributed by atoms with van der Waals surface area (Å²) in [5, 5.41) is 0. The maximum atomic E-state index is 12.7. The van der Waals surface area contributed by atoms with E-state index in [1.165, 1.54) is 58.3 Å². The van der Waals surface area contributed by atoms with Crippen molar-refractivity contribution < 1.29 is 9.59 Å². The van der Waals surface area contributed by atoms with Gasteiger partial charge in [-0.25, -0.2) is 0 Å². The maximum absolute atomic E-state index is 12.7. The van der Waals surface area contributed by atoms with Crippen LogP contribution < -0.4 is 5.73 Å². The molecule has 1 aromatic rings. The Morgan fingerprint density at radius 2 is 1.70 bits per heavy atom. The summed E-state index contributed by atoms with van der Waals surface area (Å²) in [4.78, 5) is 31.4. The fourth-order valence-corrected chi connectivity index (χ4v) is 5.08. The van der Waals surface area contributed by atoms with Crippen molar-refractivity contribution in [3.8, 4) is 0 Å². The third kappa shape index (κ3) is 5.47. The van der Waals surface area contributed by atoms with E-state index in [2.05, 4.69) is 9.80 Å². The average molecular weight is 457 g/mol. The molecule has 6 nitrogen and oxygen atoms in total. The summed E-state index contributed by atoms with van der Waals surface area (Å²) >= 11 is 0. The van der Waals surface area contributed by atoms with Gasteiger partial charge in [-0.15, -0.1) is 24.8 Å². The lowest BCUT2D eigenvalue weighted by Gasteiger charge is -2.40. The molecule has 0 unspecified atom stereocenters. The summed E-state index contributed by atoms with van der Waals surface area (Å²) < 4.78 is 0. The maximum Gasteiger partial charge on any atom is 0.255 e. The highest BCUT2D eigenvalue weighted by molar-refractivity contribution is 6.09. The summed E-state index contributed by atoms with van der Waals surface area (Å²) in [6.07, 6.45) is 7.65. The number of benzene rings is 1. The van der Waals surface area contributed by atoms with Crippen molar-refractivity contribution in [2.75, 3.05) is 39.3 Å². The fourth-order valence-electron chi connectivity index (χ4n) is 5.08. The van der Waals surface area contributed by atoms with Crippen LogP contribution in [0.2, 0.25) is 0 Å². The number of carbonyl (C=O) groups is 2. The van der Waals surface area contributed by atoms with Crippen molar-refractivity contribution in [3.05, 3.63) is 34.9 Å². The number of amides is 2. The van der Waals surface area contributed by atoms with Gasteiger partial charge < -0.3 is 20.4 Å². The van der Waals surface area contributed by atoms with Crippen LogP contribution in [0, 0.1) is 0 Å². The van der Waals surface area contributed by atoms with Crippen LogP contribution in [-0.4, -0.2) is 71.8 Å². The molecule has 168 valence electrons. The topological polar surface area (TPSA) is 69.9 Å². The van der Waals surface area contributed by atoms with Gasteiger partial charge in [0.15, 0.2) is 0 Å². The molecular weight excluding hydrogens is 423 g/mol. The van der Waals surface area contributed by atoms with Gasteiger partial charge in [0.2, 0.25) is 5.91 Å². The van der Waals surface area contributed by atoms with Crippen molar-refractivity contribution in [2.24, 2.45) is 5.73 Å². The molecule has 2 amide bonds. The Morgan fingerprint density at radius 3 is 2.37 bits per heavy atom. The number of halogens is 2. The predicted octanol–water partition coefficient (Wildman–Crippen LogP) is 2.93. The minimum atomic E-state index is -0.524. The van der Waals surface area contributed by atoms with E-state index >= 15 is 0 Å². The standard InChI is InChI=1S/C22H32N4O2.2ClH/c23-21(27)19-7-4-6-17-16-26(22(28)20(17)19)13-5-10-24-14-8-18(9-15-24)25-11-2-1-3-12-25;;/h4,6-7,18H,1-3,5,8-16H2,(H2,23,27);2*1H. The van der Waals surface area contributed by atoms with Crippen LogP contribution in [-0.2, 0) is 6.54 Å². The first kappa shape index (κ1) is 24.9. The van der Waals surface area contributed by atoms with Crippen LogP contribution in [0.3, 0.4) is 0 Å². The van der Waals surface area contributed by atoms with Crippen LogP contribution in [0.5, 0.6) is 0 Å². The molecule has 3 aliphatic heterocycles. The van der Waals surface area contributed by atoms with Gasteiger partial charge in [-0.05, 0) is 76.5 Å². The van der Waals surface area contributed by atoms with Gasteiger partial charge in [-0.1, -0.05) is 18.6 Å². The highest BCUT2D eigenvalue weighted by Gasteiger charge is 2.31. The van der Waals surface area contributed by atoms with Crippen LogP contribution in [0.4, 0.5) is 0 Å². The number of fused-ring (bicyclic) bond motifs is 1. The molecule has 3 aliphatic rings. The summed E-state index contributed by atoms with van der Waals surface area (Å²) in [5.41, 5.74) is 7.22. The smallest absolute Gasteiger partial charge is 0.255 e. The first-order valence-corrected chi connectivity index (χ1v) is 10.8. The van der Waals surface area contributed by atoms with Crippen molar-refractivity contribution in [1.29, 1.82) is 0 Å². The molecule has 0 aromatic heterocycles. The molecule has 2 fully saturated rings. The molecule has 0 saturated carbocycles. The van der Waals surface area contributed by atoms with E-state index in [0.717, 1.165) is 31.1 Å². The van der Waals surface area contributed by atoms with Gasteiger partial charge in [0, 0.05) is 19.1 Å². The zero-order valence-corrected chi connectivity index (χ0v) is 19.2. The van der Waals surface area contributed by atoms with E-state index in [-0.39, 0.29) is 30.7 Å². The molecule has 4 rings (SSSR count). The molecule has 0 spiro atoms. The van der Waals surface area contributed by atoms with Gasteiger partial charge in [-0.2, -0.15) is 0 Å². The lowest BCUT2D eigenvalue weighted by Crippen LogP contribution is -2.47. The highest BCUT2D eigenvalue weighted by Crippen LogP contribution is 2.26. The third-order valence-electron chi connectivity index (χ3n) is 6.65. The average Bonchev–Trinajstić information content (AvgIpc) is 3.05. The predicted molar refractivity (Wildman–Crippen MR) is 124 cm³/mol. The normalized spacial score (nSPS) is 20.4. The van der Waals surface area contributed by atoms with E-state index in [0.29, 0.717) is 17.7 Å². The van der Waals surface area contributed by atoms with E-state index in [4.69, 9.17) is 5.73 Å². The lowest BCUT2D eigenvalue weighted by atomic mass is 10.00.